The van der Waals surface area contributed by atoms with Crippen molar-refractivity contribution in [2.75, 3.05) is 43.9 Å². The van der Waals surface area contributed by atoms with Crippen molar-refractivity contribution in [1.29, 1.82) is 0 Å². The molecule has 1 aliphatic rings. The normalized spacial score (nSPS) is 14.1. The second-order valence-corrected chi connectivity index (χ2v) is 9.63. The van der Waals surface area contributed by atoms with E-state index in [2.05, 4.69) is 39.6 Å². The van der Waals surface area contributed by atoms with Gasteiger partial charge in [-0.15, -0.1) is 0 Å². The summed E-state index contributed by atoms with van der Waals surface area (Å²) in [5, 5.41) is 10.4. The summed E-state index contributed by atoms with van der Waals surface area (Å²) in [6, 6.07) is 18.1. The van der Waals surface area contributed by atoms with Crippen LogP contribution in [0.4, 0.5) is 11.5 Å². The first-order chi connectivity index (χ1) is 16.7. The predicted octanol–water partition coefficient (Wildman–Crippen LogP) is 5.53. The van der Waals surface area contributed by atoms with Crippen LogP contribution in [0.15, 0.2) is 66.0 Å². The fourth-order valence-corrected chi connectivity index (χ4v) is 4.96. The monoisotopic (exact) mass is 510 g/mol. The van der Waals surface area contributed by atoms with E-state index in [4.69, 9.17) is 26.3 Å². The number of nitrogens with zero attached hydrogens (tertiary/aromatic N) is 5. The lowest BCUT2D eigenvalue weighted by Gasteiger charge is -2.26. The summed E-state index contributed by atoms with van der Waals surface area (Å²) in [4.78, 5) is 12.2. The van der Waals surface area contributed by atoms with Crippen molar-refractivity contribution in [2.45, 2.75) is 25.5 Å². The molecule has 1 fully saturated rings. The van der Waals surface area contributed by atoms with Crippen LogP contribution in [0.5, 0.6) is 0 Å². The number of thioether (sulfide) groups is 1. The number of hydrogen-bond donors (Lipinski definition) is 1. The molecule has 2 aromatic carbocycles. The molecule has 1 N–H and O–H groups in total. The van der Waals surface area contributed by atoms with Gasteiger partial charge in [-0.3, -0.25) is 4.90 Å². The van der Waals surface area contributed by atoms with Crippen molar-refractivity contribution in [2.24, 2.45) is 0 Å². The van der Waals surface area contributed by atoms with Gasteiger partial charge in [0.25, 0.3) is 0 Å². The number of ether oxygens (including phenoxy) is 1. The van der Waals surface area contributed by atoms with Gasteiger partial charge in [-0.25, -0.2) is 14.6 Å². The maximum Gasteiger partial charge on any atom is 0.191 e. The quantitative estimate of drug-likeness (QED) is 0.234. The van der Waals surface area contributed by atoms with E-state index >= 15 is 0 Å². The minimum atomic E-state index is 0. The minimum Gasteiger partial charge on any atom is -0.379 e. The van der Waals surface area contributed by atoms with Crippen LogP contribution in [-0.2, 0) is 17.7 Å². The summed E-state index contributed by atoms with van der Waals surface area (Å²) in [6.07, 6.45) is 2.73. The number of nitrogens with one attached hydrogen (secondary N) is 1. The first-order valence-corrected chi connectivity index (χ1v) is 12.8. The fraction of sp³-hybridized carbons (Fsp3) is 0.346. The lowest BCUT2D eigenvalue weighted by atomic mass is 10.1. The molecule has 2 aromatic heterocycles. The second kappa shape index (κ2) is 12.4. The number of aryl methyl sites for hydroxylation is 2. The molecule has 1 aliphatic heterocycles. The van der Waals surface area contributed by atoms with Crippen LogP contribution < -0.4 is 5.32 Å². The highest BCUT2D eigenvalue weighted by Gasteiger charge is 2.15. The molecular weight excluding hydrogens is 480 g/mol. The second-order valence-electron chi connectivity index (χ2n) is 8.13. The maximum atomic E-state index is 6.20. The number of aromatic nitrogens is 4. The summed E-state index contributed by atoms with van der Waals surface area (Å²) in [5.41, 5.74) is 3.00. The molecule has 4 aromatic rings. The Morgan fingerprint density at radius 1 is 1.00 bits per heavy atom. The van der Waals surface area contributed by atoms with E-state index in [0.29, 0.717) is 5.02 Å². The number of morpholine rings is 1. The zero-order valence-electron chi connectivity index (χ0n) is 18.9. The topological polar surface area (TPSA) is 68.1 Å². The van der Waals surface area contributed by atoms with Crippen molar-refractivity contribution in [3.8, 4) is 0 Å². The van der Waals surface area contributed by atoms with Gasteiger partial charge < -0.3 is 10.1 Å². The van der Waals surface area contributed by atoms with Gasteiger partial charge in [0.1, 0.15) is 5.82 Å². The Morgan fingerprint density at radius 2 is 1.83 bits per heavy atom. The molecule has 3 heterocycles. The van der Waals surface area contributed by atoms with Gasteiger partial charge in [-0.1, -0.05) is 67.2 Å². The number of benzene rings is 2. The van der Waals surface area contributed by atoms with Gasteiger partial charge in [0.05, 0.1) is 24.8 Å². The molecule has 0 unspecified atom stereocenters. The summed E-state index contributed by atoms with van der Waals surface area (Å²) < 4.78 is 7.42. The minimum absolute atomic E-state index is 0. The predicted molar refractivity (Wildman–Crippen MR) is 145 cm³/mol. The van der Waals surface area contributed by atoms with Gasteiger partial charge in [0.2, 0.25) is 0 Å². The molecule has 184 valence electrons. The average Bonchev–Trinajstić information content (AvgIpc) is 3.27. The number of rotatable bonds is 9. The van der Waals surface area contributed by atoms with Crippen LogP contribution in [0, 0.1) is 0 Å². The van der Waals surface area contributed by atoms with Crippen molar-refractivity contribution in [3.63, 3.8) is 0 Å². The lowest BCUT2D eigenvalue weighted by Crippen LogP contribution is -2.37. The highest BCUT2D eigenvalue weighted by molar-refractivity contribution is 7.99. The molecule has 0 saturated carbocycles. The number of anilines is 2. The Balaban J connectivity index is 0.00000289. The summed E-state index contributed by atoms with van der Waals surface area (Å²) in [5.74, 6) is 1.66. The molecule has 0 bridgehead atoms. The van der Waals surface area contributed by atoms with E-state index in [1.165, 1.54) is 5.56 Å². The van der Waals surface area contributed by atoms with Crippen molar-refractivity contribution in [1.82, 2.24) is 24.6 Å². The summed E-state index contributed by atoms with van der Waals surface area (Å²) >= 11 is 7.87. The van der Waals surface area contributed by atoms with Gasteiger partial charge in [-0.05, 0) is 30.2 Å². The zero-order valence-corrected chi connectivity index (χ0v) is 20.4. The highest BCUT2D eigenvalue weighted by atomic mass is 35.5. The van der Waals surface area contributed by atoms with Crippen molar-refractivity contribution in [3.05, 3.63) is 71.4 Å². The molecule has 0 spiro atoms. The van der Waals surface area contributed by atoms with Crippen LogP contribution in [0.25, 0.3) is 11.0 Å². The van der Waals surface area contributed by atoms with Crippen molar-refractivity contribution >= 4 is 45.9 Å². The number of halogens is 1. The van der Waals surface area contributed by atoms with Crippen LogP contribution in [-0.4, -0.2) is 63.2 Å². The third-order valence-electron chi connectivity index (χ3n) is 5.76. The summed E-state index contributed by atoms with van der Waals surface area (Å²) in [7, 11) is 0. The SMILES string of the molecule is C.Clc1cccc(Nc2nc(SCCN3CCOCC3)nc3c2cnn3CCc2ccccc2)c1. The Hall–Kier alpha value is -2.65. The summed E-state index contributed by atoms with van der Waals surface area (Å²) in [6.45, 7) is 5.31. The van der Waals surface area contributed by atoms with E-state index in [-0.39, 0.29) is 7.43 Å². The molecule has 5 rings (SSSR count). The smallest absolute Gasteiger partial charge is 0.191 e. The molecule has 9 heteroatoms. The van der Waals surface area contributed by atoms with E-state index in [1.54, 1.807) is 11.8 Å². The van der Waals surface area contributed by atoms with E-state index < -0.39 is 0 Å². The largest absolute Gasteiger partial charge is 0.379 e. The molecule has 0 aliphatic carbocycles. The fourth-order valence-electron chi connectivity index (χ4n) is 3.93. The molecule has 1 saturated heterocycles. The Bertz CT molecular complexity index is 1230. The van der Waals surface area contributed by atoms with Crippen molar-refractivity contribution < 1.29 is 4.74 Å². The van der Waals surface area contributed by atoms with E-state index in [1.807, 2.05) is 41.2 Å². The lowest BCUT2D eigenvalue weighted by molar-refractivity contribution is 0.0410. The first-order valence-electron chi connectivity index (χ1n) is 11.5. The molecule has 35 heavy (non-hydrogen) atoms. The third kappa shape index (κ3) is 6.73. The van der Waals surface area contributed by atoms with Crippen LogP contribution in [0.1, 0.15) is 13.0 Å². The van der Waals surface area contributed by atoms with E-state index in [0.717, 1.165) is 79.3 Å². The third-order valence-corrected chi connectivity index (χ3v) is 6.82. The van der Waals surface area contributed by atoms with Crippen LogP contribution in [0.3, 0.4) is 0 Å². The number of fused-ring (bicyclic) bond motifs is 1. The average molecular weight is 511 g/mol. The number of hydrogen-bond acceptors (Lipinski definition) is 7. The molecular formula is C26H31ClN6OS. The molecule has 0 amide bonds. The zero-order chi connectivity index (χ0) is 23.2. The maximum absolute atomic E-state index is 6.20. The van der Waals surface area contributed by atoms with Gasteiger partial charge in [-0.2, -0.15) is 5.10 Å². The standard InChI is InChI=1S/C25H27ClN6OS.CH4/c26-20-7-4-8-21(17-20)28-23-22-18-27-32(10-9-19-5-2-1-3-6-19)24(22)30-25(29-23)34-16-13-31-11-14-33-15-12-31;/h1-8,17-18H,9-16H2,(H,28,29,30);1H4. The Kier molecular flexibility index (Phi) is 8.98. The molecule has 7 nitrogen and oxygen atoms in total. The van der Waals surface area contributed by atoms with Crippen LogP contribution in [0.2, 0.25) is 5.02 Å². The first kappa shape index (κ1) is 25.4. The Morgan fingerprint density at radius 3 is 2.63 bits per heavy atom. The molecule has 0 atom stereocenters. The highest BCUT2D eigenvalue weighted by Crippen LogP contribution is 2.28. The van der Waals surface area contributed by atoms with Gasteiger partial charge >= 0.3 is 0 Å². The van der Waals surface area contributed by atoms with Gasteiger partial charge in [0.15, 0.2) is 10.8 Å². The molecule has 0 radical (unpaired) electrons. The van der Waals surface area contributed by atoms with Gasteiger partial charge in [0, 0.05) is 42.6 Å². The van der Waals surface area contributed by atoms with E-state index in [9.17, 15) is 0 Å². The Labute approximate surface area is 215 Å². The van der Waals surface area contributed by atoms with Crippen LogP contribution >= 0.6 is 23.4 Å².